The van der Waals surface area contributed by atoms with Gasteiger partial charge in [-0.05, 0) is 56.5 Å². The lowest BCUT2D eigenvalue weighted by molar-refractivity contribution is -0.124. The molecule has 138 valence electrons. The van der Waals surface area contributed by atoms with Crippen LogP contribution in [-0.4, -0.2) is 25.1 Å². The largest absolute Gasteiger partial charge is 0.493 e. The van der Waals surface area contributed by atoms with Gasteiger partial charge in [0.1, 0.15) is 11.3 Å². The Hall–Kier alpha value is -2.82. The summed E-state index contributed by atoms with van der Waals surface area (Å²) in [5.74, 6) is -0.482. The standard InChI is InChI=1S/C21H25NO4/c1-5-25-19-9-7-6-8-18(19)21(24)26-13-20(23)22-16(4)17-11-10-14(2)15(3)12-17/h6-12,16H,5,13H2,1-4H3,(H,22,23)/t16-/m0/s1. The zero-order valence-corrected chi connectivity index (χ0v) is 15.7. The van der Waals surface area contributed by atoms with Crippen molar-refractivity contribution in [2.45, 2.75) is 33.7 Å². The van der Waals surface area contributed by atoms with Gasteiger partial charge in [0, 0.05) is 0 Å². The minimum atomic E-state index is -0.581. The third-order valence-electron chi connectivity index (χ3n) is 4.15. The molecule has 5 heteroatoms. The fraction of sp³-hybridized carbons (Fsp3) is 0.333. The van der Waals surface area contributed by atoms with Gasteiger partial charge in [-0.3, -0.25) is 4.79 Å². The number of esters is 1. The summed E-state index contributed by atoms with van der Waals surface area (Å²) in [7, 11) is 0. The minimum Gasteiger partial charge on any atom is -0.493 e. The van der Waals surface area contributed by atoms with Crippen molar-refractivity contribution in [3.8, 4) is 5.75 Å². The Morgan fingerprint density at radius 3 is 2.50 bits per heavy atom. The summed E-state index contributed by atoms with van der Waals surface area (Å²) in [5, 5.41) is 2.84. The van der Waals surface area contributed by atoms with Gasteiger partial charge >= 0.3 is 5.97 Å². The number of hydrogen-bond acceptors (Lipinski definition) is 4. The fourth-order valence-corrected chi connectivity index (χ4v) is 2.53. The molecule has 5 nitrogen and oxygen atoms in total. The van der Waals surface area contributed by atoms with Crippen LogP contribution >= 0.6 is 0 Å². The summed E-state index contributed by atoms with van der Waals surface area (Å²) in [6.45, 7) is 7.91. The second kappa shape index (κ2) is 9.04. The Balaban J connectivity index is 1.92. The SMILES string of the molecule is CCOc1ccccc1C(=O)OCC(=O)N[C@@H](C)c1ccc(C)c(C)c1. The van der Waals surface area contributed by atoms with E-state index in [1.165, 1.54) is 11.1 Å². The van der Waals surface area contributed by atoms with Gasteiger partial charge in [0.25, 0.3) is 5.91 Å². The van der Waals surface area contributed by atoms with Crippen LogP contribution in [0.15, 0.2) is 42.5 Å². The van der Waals surface area contributed by atoms with E-state index in [1.54, 1.807) is 24.3 Å². The monoisotopic (exact) mass is 355 g/mol. The number of rotatable bonds is 7. The number of benzene rings is 2. The van der Waals surface area contributed by atoms with Crippen LogP contribution in [0.25, 0.3) is 0 Å². The minimum absolute atomic E-state index is 0.170. The van der Waals surface area contributed by atoms with E-state index in [0.29, 0.717) is 17.9 Å². The Bertz CT molecular complexity index is 785. The summed E-state index contributed by atoms with van der Waals surface area (Å²) in [4.78, 5) is 24.3. The Morgan fingerprint density at radius 1 is 1.08 bits per heavy atom. The highest BCUT2D eigenvalue weighted by Crippen LogP contribution is 2.19. The third-order valence-corrected chi connectivity index (χ3v) is 4.15. The van der Waals surface area contributed by atoms with Crippen molar-refractivity contribution in [1.29, 1.82) is 0 Å². The number of amides is 1. The molecular formula is C21H25NO4. The van der Waals surface area contributed by atoms with Crippen LogP contribution < -0.4 is 10.1 Å². The summed E-state index contributed by atoms with van der Waals surface area (Å²) in [5.41, 5.74) is 3.69. The van der Waals surface area contributed by atoms with Crippen LogP contribution in [0, 0.1) is 13.8 Å². The first kappa shape index (κ1) is 19.5. The van der Waals surface area contributed by atoms with E-state index in [9.17, 15) is 9.59 Å². The number of carbonyl (C=O) groups is 2. The van der Waals surface area contributed by atoms with Gasteiger partial charge < -0.3 is 14.8 Å². The van der Waals surface area contributed by atoms with E-state index in [2.05, 4.69) is 5.32 Å². The summed E-state index contributed by atoms with van der Waals surface area (Å²) >= 11 is 0. The van der Waals surface area contributed by atoms with E-state index in [0.717, 1.165) is 5.56 Å². The second-order valence-corrected chi connectivity index (χ2v) is 6.14. The average Bonchev–Trinajstić information content (AvgIpc) is 2.62. The van der Waals surface area contributed by atoms with Crippen LogP contribution in [0.4, 0.5) is 0 Å². The maximum absolute atomic E-state index is 12.2. The molecule has 1 atom stereocenters. The first-order valence-electron chi connectivity index (χ1n) is 8.67. The average molecular weight is 355 g/mol. The van der Waals surface area contributed by atoms with Gasteiger partial charge in [0.15, 0.2) is 6.61 Å². The van der Waals surface area contributed by atoms with Crippen molar-refractivity contribution in [2.24, 2.45) is 0 Å². The van der Waals surface area contributed by atoms with Crippen molar-refractivity contribution in [1.82, 2.24) is 5.32 Å². The predicted molar refractivity (Wildman–Crippen MR) is 100 cm³/mol. The highest BCUT2D eigenvalue weighted by molar-refractivity contribution is 5.94. The maximum atomic E-state index is 12.2. The molecule has 2 aromatic rings. The van der Waals surface area contributed by atoms with Gasteiger partial charge in [-0.2, -0.15) is 0 Å². The molecule has 0 spiro atoms. The van der Waals surface area contributed by atoms with E-state index in [1.807, 2.05) is 45.9 Å². The molecule has 0 radical (unpaired) electrons. The molecular weight excluding hydrogens is 330 g/mol. The summed E-state index contributed by atoms with van der Waals surface area (Å²) < 4.78 is 10.5. The molecule has 2 rings (SSSR count). The molecule has 2 aromatic carbocycles. The van der Waals surface area contributed by atoms with Crippen LogP contribution in [0.1, 0.15) is 46.9 Å². The topological polar surface area (TPSA) is 64.6 Å². The molecule has 0 fully saturated rings. The van der Waals surface area contributed by atoms with Crippen LogP contribution in [-0.2, 0) is 9.53 Å². The Morgan fingerprint density at radius 2 is 1.81 bits per heavy atom. The Labute approximate surface area is 154 Å². The van der Waals surface area contributed by atoms with Crippen LogP contribution in [0.3, 0.4) is 0 Å². The lowest BCUT2D eigenvalue weighted by atomic mass is 10.0. The molecule has 0 saturated carbocycles. The molecule has 0 aliphatic rings. The van der Waals surface area contributed by atoms with Crippen molar-refractivity contribution in [2.75, 3.05) is 13.2 Å². The first-order valence-corrected chi connectivity index (χ1v) is 8.67. The number of hydrogen-bond donors (Lipinski definition) is 1. The van der Waals surface area contributed by atoms with Crippen molar-refractivity contribution >= 4 is 11.9 Å². The highest BCUT2D eigenvalue weighted by atomic mass is 16.5. The molecule has 1 N–H and O–H groups in total. The fourth-order valence-electron chi connectivity index (χ4n) is 2.53. The number of nitrogens with one attached hydrogen (secondary N) is 1. The van der Waals surface area contributed by atoms with Crippen molar-refractivity contribution in [3.05, 3.63) is 64.7 Å². The normalized spacial score (nSPS) is 11.5. The zero-order chi connectivity index (χ0) is 19.1. The molecule has 0 aliphatic heterocycles. The molecule has 0 heterocycles. The van der Waals surface area contributed by atoms with Gasteiger partial charge in [-0.25, -0.2) is 4.79 Å². The molecule has 0 aliphatic carbocycles. The number of carbonyl (C=O) groups excluding carboxylic acids is 2. The molecule has 0 bridgehead atoms. The third kappa shape index (κ3) is 5.09. The lowest BCUT2D eigenvalue weighted by Gasteiger charge is -2.16. The van der Waals surface area contributed by atoms with Gasteiger partial charge in [-0.1, -0.05) is 30.3 Å². The molecule has 0 aromatic heterocycles. The highest BCUT2D eigenvalue weighted by Gasteiger charge is 2.16. The van der Waals surface area contributed by atoms with E-state index in [4.69, 9.17) is 9.47 Å². The van der Waals surface area contributed by atoms with E-state index < -0.39 is 5.97 Å². The zero-order valence-electron chi connectivity index (χ0n) is 15.7. The number of aryl methyl sites for hydroxylation is 2. The van der Waals surface area contributed by atoms with Crippen molar-refractivity contribution < 1.29 is 19.1 Å². The van der Waals surface area contributed by atoms with Gasteiger partial charge in [0.2, 0.25) is 0 Å². The van der Waals surface area contributed by atoms with Gasteiger partial charge in [0.05, 0.1) is 12.6 Å². The second-order valence-electron chi connectivity index (χ2n) is 6.14. The molecule has 0 unspecified atom stereocenters. The van der Waals surface area contributed by atoms with Crippen molar-refractivity contribution in [3.63, 3.8) is 0 Å². The van der Waals surface area contributed by atoms with Gasteiger partial charge in [-0.15, -0.1) is 0 Å². The van der Waals surface area contributed by atoms with E-state index >= 15 is 0 Å². The molecule has 1 amide bonds. The smallest absolute Gasteiger partial charge is 0.342 e. The quantitative estimate of drug-likeness (QED) is 0.769. The number of para-hydroxylation sites is 1. The first-order chi connectivity index (χ1) is 12.4. The van der Waals surface area contributed by atoms with E-state index in [-0.39, 0.29) is 18.6 Å². The maximum Gasteiger partial charge on any atom is 0.342 e. The van der Waals surface area contributed by atoms with Crippen LogP contribution in [0.2, 0.25) is 0 Å². The summed E-state index contributed by atoms with van der Waals surface area (Å²) in [6.07, 6.45) is 0. The van der Waals surface area contributed by atoms with Crippen LogP contribution in [0.5, 0.6) is 5.75 Å². The summed E-state index contributed by atoms with van der Waals surface area (Å²) in [6, 6.07) is 12.7. The molecule has 0 saturated heterocycles. The number of ether oxygens (including phenoxy) is 2. The molecule has 26 heavy (non-hydrogen) atoms. The lowest BCUT2D eigenvalue weighted by Crippen LogP contribution is -2.31. The predicted octanol–water partition coefficient (Wildman–Crippen LogP) is 3.74. The Kier molecular flexibility index (Phi) is 6.78.